The zero-order valence-electron chi connectivity index (χ0n) is 11.9. The number of amides is 1. The zero-order chi connectivity index (χ0) is 15.2. The summed E-state index contributed by atoms with van der Waals surface area (Å²) >= 11 is 0. The van der Waals surface area contributed by atoms with Crippen molar-refractivity contribution in [3.8, 4) is 0 Å². The van der Waals surface area contributed by atoms with Gasteiger partial charge >= 0.3 is 12.1 Å². The SMILES string of the molecule is CO[C@H]1C[C@@H](C(=O)O)CN(C(=O)OCc2ccccc2)C1. The van der Waals surface area contributed by atoms with E-state index in [2.05, 4.69) is 0 Å². The molecule has 0 aliphatic carbocycles. The maximum atomic E-state index is 12.1. The highest BCUT2D eigenvalue weighted by atomic mass is 16.6. The third kappa shape index (κ3) is 4.19. The molecular weight excluding hydrogens is 274 g/mol. The van der Waals surface area contributed by atoms with Crippen LogP contribution in [0.2, 0.25) is 0 Å². The Bertz CT molecular complexity index is 490. The van der Waals surface area contributed by atoms with Gasteiger partial charge in [-0.2, -0.15) is 0 Å². The molecule has 1 aliphatic rings. The predicted molar refractivity (Wildman–Crippen MR) is 74.7 cm³/mol. The Hall–Kier alpha value is -2.08. The Kier molecular flexibility index (Phi) is 5.16. The van der Waals surface area contributed by atoms with Crippen molar-refractivity contribution in [3.63, 3.8) is 0 Å². The number of carbonyl (C=O) groups excluding carboxylic acids is 1. The number of rotatable bonds is 4. The average molecular weight is 293 g/mol. The van der Waals surface area contributed by atoms with Gasteiger partial charge in [-0.25, -0.2) is 4.79 Å². The molecule has 1 fully saturated rings. The Morgan fingerprint density at radius 3 is 2.62 bits per heavy atom. The number of carboxylic acid groups (broad SMARTS) is 1. The van der Waals surface area contributed by atoms with Gasteiger partial charge in [0, 0.05) is 13.7 Å². The first kappa shape index (κ1) is 15.3. The van der Waals surface area contributed by atoms with Gasteiger partial charge in [0.2, 0.25) is 0 Å². The highest BCUT2D eigenvalue weighted by molar-refractivity contribution is 5.73. The van der Waals surface area contributed by atoms with E-state index in [0.717, 1.165) is 5.56 Å². The van der Waals surface area contributed by atoms with Gasteiger partial charge < -0.3 is 19.5 Å². The van der Waals surface area contributed by atoms with E-state index in [9.17, 15) is 9.59 Å². The zero-order valence-corrected chi connectivity index (χ0v) is 11.9. The van der Waals surface area contributed by atoms with Crippen molar-refractivity contribution < 1.29 is 24.2 Å². The molecule has 2 atom stereocenters. The van der Waals surface area contributed by atoms with Crippen molar-refractivity contribution in [2.45, 2.75) is 19.1 Å². The number of hydrogen-bond donors (Lipinski definition) is 1. The third-order valence-electron chi connectivity index (χ3n) is 3.56. The summed E-state index contributed by atoms with van der Waals surface area (Å²) in [6.45, 7) is 0.683. The van der Waals surface area contributed by atoms with Crippen molar-refractivity contribution in [1.82, 2.24) is 4.90 Å². The first-order chi connectivity index (χ1) is 10.1. The number of carbonyl (C=O) groups is 2. The van der Waals surface area contributed by atoms with E-state index in [-0.39, 0.29) is 19.3 Å². The monoisotopic (exact) mass is 293 g/mol. The van der Waals surface area contributed by atoms with E-state index in [0.29, 0.717) is 13.0 Å². The Morgan fingerprint density at radius 2 is 2.00 bits per heavy atom. The van der Waals surface area contributed by atoms with E-state index in [1.165, 1.54) is 12.0 Å². The number of hydrogen-bond acceptors (Lipinski definition) is 4. The quantitative estimate of drug-likeness (QED) is 0.915. The Labute approximate surface area is 123 Å². The number of likely N-dealkylation sites (tertiary alicyclic amines) is 1. The van der Waals surface area contributed by atoms with Crippen LogP contribution in [0.3, 0.4) is 0 Å². The molecule has 1 saturated heterocycles. The molecule has 2 rings (SSSR count). The summed E-state index contributed by atoms with van der Waals surface area (Å²) in [5.74, 6) is -1.54. The second kappa shape index (κ2) is 7.08. The molecule has 0 spiro atoms. The van der Waals surface area contributed by atoms with Crippen molar-refractivity contribution >= 4 is 12.1 Å². The summed E-state index contributed by atoms with van der Waals surface area (Å²) in [5.41, 5.74) is 0.890. The molecule has 6 nitrogen and oxygen atoms in total. The molecule has 0 radical (unpaired) electrons. The van der Waals surface area contributed by atoms with Gasteiger partial charge in [0.1, 0.15) is 6.61 Å². The molecule has 1 aromatic rings. The van der Waals surface area contributed by atoms with Gasteiger partial charge in [0.25, 0.3) is 0 Å². The lowest BCUT2D eigenvalue weighted by Crippen LogP contribution is -2.49. The molecule has 6 heteroatoms. The van der Waals surface area contributed by atoms with Gasteiger partial charge in [-0.05, 0) is 12.0 Å². The van der Waals surface area contributed by atoms with Crippen molar-refractivity contribution in [1.29, 1.82) is 0 Å². The summed E-state index contributed by atoms with van der Waals surface area (Å²) in [6.07, 6.45) is -0.370. The summed E-state index contributed by atoms with van der Waals surface area (Å²) in [4.78, 5) is 24.6. The van der Waals surface area contributed by atoms with Crippen molar-refractivity contribution in [2.75, 3.05) is 20.2 Å². The van der Waals surface area contributed by atoms with Crippen LogP contribution in [0, 0.1) is 5.92 Å². The van der Waals surface area contributed by atoms with Crippen LogP contribution in [-0.2, 0) is 20.9 Å². The summed E-state index contributed by atoms with van der Waals surface area (Å²) < 4.78 is 10.4. The summed E-state index contributed by atoms with van der Waals surface area (Å²) in [5, 5.41) is 9.12. The third-order valence-corrected chi connectivity index (χ3v) is 3.56. The second-order valence-electron chi connectivity index (χ2n) is 5.07. The topological polar surface area (TPSA) is 76.1 Å². The van der Waals surface area contributed by atoms with Crippen LogP contribution in [0.15, 0.2) is 30.3 Å². The number of methoxy groups -OCH3 is 1. The number of benzene rings is 1. The Morgan fingerprint density at radius 1 is 1.29 bits per heavy atom. The lowest BCUT2D eigenvalue weighted by Gasteiger charge is -2.34. The maximum Gasteiger partial charge on any atom is 0.410 e. The predicted octanol–water partition coefficient (Wildman–Crippen LogP) is 1.74. The lowest BCUT2D eigenvalue weighted by atomic mass is 9.96. The van der Waals surface area contributed by atoms with E-state index < -0.39 is 18.0 Å². The molecular formula is C15H19NO5. The van der Waals surface area contributed by atoms with Gasteiger partial charge in [-0.3, -0.25) is 4.79 Å². The fraction of sp³-hybridized carbons (Fsp3) is 0.467. The molecule has 0 unspecified atom stereocenters. The van der Waals surface area contributed by atoms with E-state index in [4.69, 9.17) is 14.6 Å². The molecule has 1 aromatic carbocycles. The molecule has 0 saturated carbocycles. The molecule has 114 valence electrons. The van der Waals surface area contributed by atoms with Crippen LogP contribution in [-0.4, -0.2) is 48.4 Å². The fourth-order valence-electron chi connectivity index (χ4n) is 2.36. The average Bonchev–Trinajstić information content (AvgIpc) is 2.53. The minimum absolute atomic E-state index is 0.156. The fourth-order valence-corrected chi connectivity index (χ4v) is 2.36. The molecule has 0 bridgehead atoms. The van der Waals surface area contributed by atoms with Gasteiger partial charge in [0.05, 0.1) is 18.6 Å². The van der Waals surface area contributed by atoms with Crippen LogP contribution in [0.5, 0.6) is 0 Å². The standard InChI is InChI=1S/C15H19NO5/c1-20-13-7-12(14(17)18)8-16(9-13)15(19)21-10-11-5-3-2-4-6-11/h2-6,12-13H,7-10H2,1H3,(H,17,18)/t12-,13+/m1/s1. The second-order valence-corrected chi connectivity index (χ2v) is 5.07. The van der Waals surface area contributed by atoms with Crippen LogP contribution in [0.1, 0.15) is 12.0 Å². The van der Waals surface area contributed by atoms with Crippen LogP contribution >= 0.6 is 0 Å². The van der Waals surface area contributed by atoms with Gasteiger partial charge in [0.15, 0.2) is 0 Å². The highest BCUT2D eigenvalue weighted by Crippen LogP contribution is 2.20. The van der Waals surface area contributed by atoms with E-state index in [1.807, 2.05) is 30.3 Å². The first-order valence-corrected chi connectivity index (χ1v) is 6.81. The first-order valence-electron chi connectivity index (χ1n) is 6.81. The largest absolute Gasteiger partial charge is 0.481 e. The summed E-state index contributed by atoms with van der Waals surface area (Å²) in [7, 11) is 1.52. The van der Waals surface area contributed by atoms with Crippen molar-refractivity contribution in [3.05, 3.63) is 35.9 Å². The van der Waals surface area contributed by atoms with E-state index >= 15 is 0 Å². The molecule has 21 heavy (non-hydrogen) atoms. The van der Waals surface area contributed by atoms with Crippen LogP contribution in [0.25, 0.3) is 0 Å². The van der Waals surface area contributed by atoms with Crippen LogP contribution in [0.4, 0.5) is 4.79 Å². The molecule has 1 aliphatic heterocycles. The van der Waals surface area contributed by atoms with Gasteiger partial charge in [-0.15, -0.1) is 0 Å². The molecule has 0 aromatic heterocycles. The molecule has 1 heterocycles. The minimum atomic E-state index is -0.919. The maximum absolute atomic E-state index is 12.1. The lowest BCUT2D eigenvalue weighted by molar-refractivity contribution is -0.145. The van der Waals surface area contributed by atoms with Crippen LogP contribution < -0.4 is 0 Å². The smallest absolute Gasteiger partial charge is 0.410 e. The number of carboxylic acids is 1. The van der Waals surface area contributed by atoms with E-state index in [1.54, 1.807) is 0 Å². The Balaban J connectivity index is 1.92. The minimum Gasteiger partial charge on any atom is -0.481 e. The molecule has 1 amide bonds. The number of piperidine rings is 1. The normalized spacial score (nSPS) is 21.9. The molecule has 1 N–H and O–H groups in total. The van der Waals surface area contributed by atoms with Crippen molar-refractivity contribution in [2.24, 2.45) is 5.92 Å². The highest BCUT2D eigenvalue weighted by Gasteiger charge is 2.34. The number of ether oxygens (including phenoxy) is 2. The number of nitrogens with zero attached hydrogens (tertiary/aromatic N) is 1. The number of aliphatic carboxylic acids is 1. The van der Waals surface area contributed by atoms with Gasteiger partial charge in [-0.1, -0.05) is 30.3 Å². The summed E-state index contributed by atoms with van der Waals surface area (Å²) in [6, 6.07) is 9.34.